The van der Waals surface area contributed by atoms with Crippen molar-refractivity contribution in [3.63, 3.8) is 0 Å². The van der Waals surface area contributed by atoms with E-state index in [1.54, 1.807) is 6.07 Å². The minimum Gasteiger partial charge on any atom is -0.255 e. The standard InChI is InChI=1S/C13H13ClF3N3O4S3.C2F6O5S2/c1-8-10(14)3-2-4-11(8)26(21,22)20-12-19-9(7-25-12)5-6-18-27(23,24)13(15,16)17;3-1(4,5)14(9,10)13-15(11,12)2(6,7)8/h2-4,7,18H,5-6H2,1H3,(H,19,20);. The van der Waals surface area contributed by atoms with Crippen molar-refractivity contribution in [3.8, 4) is 0 Å². The van der Waals surface area contributed by atoms with E-state index in [4.69, 9.17) is 11.6 Å². The predicted molar refractivity (Wildman–Crippen MR) is 127 cm³/mol. The largest absolute Gasteiger partial charge is 0.524 e. The molecule has 0 saturated heterocycles. The predicted octanol–water partition coefficient (Wildman–Crippen LogP) is 3.59. The number of nitrogens with one attached hydrogen (secondary N) is 2. The molecule has 0 atom stereocenters. The molecule has 1 aromatic heterocycles. The Balaban J connectivity index is 0.000000501. The number of hydrogen-bond donors (Lipinski definition) is 2. The van der Waals surface area contributed by atoms with Crippen LogP contribution >= 0.6 is 22.9 Å². The summed E-state index contributed by atoms with van der Waals surface area (Å²) in [5.74, 6) is 0. The molecule has 0 aliphatic heterocycles. The fraction of sp³-hybridized carbons (Fsp3) is 0.400. The van der Waals surface area contributed by atoms with E-state index in [0.29, 0.717) is 5.56 Å². The maximum atomic E-state index is 12.4. The van der Waals surface area contributed by atoms with Gasteiger partial charge in [-0.2, -0.15) is 56.3 Å². The molecule has 1 aromatic carbocycles. The van der Waals surface area contributed by atoms with Crippen molar-refractivity contribution < 1.29 is 76.8 Å². The Bertz CT molecular complexity index is 1660. The lowest BCUT2D eigenvalue weighted by molar-refractivity contribution is -0.0586. The summed E-state index contributed by atoms with van der Waals surface area (Å²) in [5, 5.41) is 1.67. The molecule has 2 rings (SSSR count). The maximum absolute atomic E-state index is 12.4. The number of rotatable bonds is 9. The molecule has 27 heteroatoms. The Morgan fingerprint density at radius 2 is 1.36 bits per heavy atom. The van der Waals surface area contributed by atoms with Crippen LogP contribution in [-0.2, 0) is 50.3 Å². The van der Waals surface area contributed by atoms with Crippen LogP contribution in [0.15, 0.2) is 28.5 Å². The van der Waals surface area contributed by atoms with Gasteiger partial charge in [-0.05, 0) is 24.6 Å². The van der Waals surface area contributed by atoms with Gasteiger partial charge in [0, 0.05) is 23.4 Å². The van der Waals surface area contributed by atoms with E-state index < -0.39 is 63.4 Å². The van der Waals surface area contributed by atoms with Crippen LogP contribution in [0.5, 0.6) is 0 Å². The lowest BCUT2D eigenvalue weighted by Gasteiger charge is -2.09. The zero-order valence-corrected chi connectivity index (χ0v) is 24.5. The molecule has 0 aliphatic rings. The second-order valence-electron chi connectivity index (χ2n) is 7.07. The first-order valence-electron chi connectivity index (χ1n) is 9.66. The first-order valence-corrected chi connectivity index (χ1v) is 16.7. The Hall–Kier alpha value is -1.97. The molecule has 0 aliphatic carbocycles. The van der Waals surface area contributed by atoms with Gasteiger partial charge in [0.2, 0.25) is 0 Å². The van der Waals surface area contributed by atoms with Crippen LogP contribution < -0.4 is 9.44 Å². The highest BCUT2D eigenvalue weighted by molar-refractivity contribution is 8.00. The van der Waals surface area contributed by atoms with Gasteiger partial charge in [-0.25, -0.2) is 26.5 Å². The number of sulfonamides is 2. The van der Waals surface area contributed by atoms with Crippen LogP contribution in [0.25, 0.3) is 0 Å². The molecule has 2 aromatic rings. The van der Waals surface area contributed by atoms with Crippen LogP contribution in [-0.4, -0.2) is 61.7 Å². The number of anilines is 1. The summed E-state index contributed by atoms with van der Waals surface area (Å²) < 4.78 is 197. The molecular weight excluding hydrogens is 733 g/mol. The Labute approximate surface area is 240 Å². The number of benzene rings is 1. The molecule has 242 valence electrons. The van der Waals surface area contributed by atoms with Gasteiger partial charge in [0.25, 0.3) is 10.0 Å². The van der Waals surface area contributed by atoms with E-state index in [0.717, 1.165) is 11.3 Å². The van der Waals surface area contributed by atoms with Gasteiger partial charge in [-0.1, -0.05) is 17.7 Å². The highest BCUT2D eigenvalue weighted by atomic mass is 35.5. The van der Waals surface area contributed by atoms with Crippen molar-refractivity contribution in [1.82, 2.24) is 9.71 Å². The molecule has 0 radical (unpaired) electrons. The summed E-state index contributed by atoms with van der Waals surface area (Å²) in [5.41, 5.74) is -17.3. The zero-order chi connectivity index (χ0) is 33.2. The molecule has 0 bridgehead atoms. The summed E-state index contributed by atoms with van der Waals surface area (Å²) in [6.07, 6.45) is -0.149. The first-order chi connectivity index (χ1) is 18.5. The third-order valence-electron chi connectivity index (χ3n) is 4.00. The summed E-state index contributed by atoms with van der Waals surface area (Å²) in [6.45, 7) is 1.00. The van der Waals surface area contributed by atoms with Crippen molar-refractivity contribution in [3.05, 3.63) is 39.9 Å². The van der Waals surface area contributed by atoms with Gasteiger partial charge in [0.1, 0.15) is 0 Å². The average molecular weight is 746 g/mol. The summed E-state index contributed by atoms with van der Waals surface area (Å²) in [4.78, 5) is 3.90. The second-order valence-corrected chi connectivity index (χ2v) is 15.0. The molecule has 0 fully saturated rings. The number of alkyl halides is 9. The normalized spacial score (nSPS) is 13.8. The quantitative estimate of drug-likeness (QED) is 0.284. The van der Waals surface area contributed by atoms with E-state index in [-0.39, 0.29) is 27.2 Å². The van der Waals surface area contributed by atoms with Gasteiger partial charge >= 0.3 is 46.8 Å². The lowest BCUT2D eigenvalue weighted by atomic mass is 10.2. The lowest BCUT2D eigenvalue weighted by Crippen LogP contribution is -2.37. The Morgan fingerprint density at radius 3 is 1.81 bits per heavy atom. The third-order valence-corrected chi connectivity index (χ3v) is 10.6. The van der Waals surface area contributed by atoms with E-state index in [1.807, 2.05) is 3.63 Å². The van der Waals surface area contributed by atoms with Crippen LogP contribution in [0.1, 0.15) is 11.3 Å². The number of aromatic nitrogens is 1. The number of nitrogens with zero attached hydrogens (tertiary/aromatic N) is 1. The van der Waals surface area contributed by atoms with Crippen LogP contribution in [0.3, 0.4) is 0 Å². The van der Waals surface area contributed by atoms with Crippen LogP contribution in [0.2, 0.25) is 5.02 Å². The second kappa shape index (κ2) is 12.9. The van der Waals surface area contributed by atoms with Crippen molar-refractivity contribution in [2.45, 2.75) is 34.8 Å². The smallest absolute Gasteiger partial charge is 0.255 e. The zero-order valence-electron chi connectivity index (χ0n) is 19.7. The van der Waals surface area contributed by atoms with E-state index >= 15 is 0 Å². The number of halogens is 10. The van der Waals surface area contributed by atoms with Gasteiger partial charge in [0.15, 0.2) is 5.13 Å². The monoisotopic (exact) mass is 745 g/mol. The Kier molecular flexibility index (Phi) is 11.7. The van der Waals surface area contributed by atoms with Crippen LogP contribution in [0, 0.1) is 6.92 Å². The molecule has 2 N–H and O–H groups in total. The first kappa shape index (κ1) is 38.1. The van der Waals surface area contributed by atoms with Gasteiger partial charge in [-0.15, -0.1) is 15.0 Å². The van der Waals surface area contributed by atoms with Gasteiger partial charge in [0.05, 0.1) is 10.6 Å². The number of thiazole rings is 1. The third kappa shape index (κ3) is 10.1. The molecular formula is C15H13ClF9N3O9S5. The molecule has 0 amide bonds. The van der Waals surface area contributed by atoms with E-state index in [2.05, 4.69) is 9.71 Å². The van der Waals surface area contributed by atoms with Crippen molar-refractivity contribution in [2.75, 3.05) is 11.3 Å². The fourth-order valence-electron chi connectivity index (χ4n) is 2.11. The topological polar surface area (TPSA) is 183 Å². The molecule has 1 heterocycles. The van der Waals surface area contributed by atoms with Crippen molar-refractivity contribution in [1.29, 1.82) is 0 Å². The SMILES string of the molecule is Cc1c(Cl)cccc1S(=O)(=O)Nc1nc(CCNS(=O)(=O)C(F)(F)F)cs1.O=S(=O)(OS(=O)(=O)C(F)(F)F)C(F)(F)F. The molecule has 0 unspecified atom stereocenters. The van der Waals surface area contributed by atoms with Crippen LogP contribution in [0.4, 0.5) is 44.6 Å². The highest BCUT2D eigenvalue weighted by Crippen LogP contribution is 2.32. The number of hydrogen-bond acceptors (Lipinski definition) is 11. The van der Waals surface area contributed by atoms with Gasteiger partial charge in [-0.3, -0.25) is 4.72 Å². The minimum atomic E-state index is -6.85. The summed E-state index contributed by atoms with van der Waals surface area (Å²) in [6, 6.07) is 4.38. The maximum Gasteiger partial charge on any atom is 0.524 e. The highest BCUT2D eigenvalue weighted by Gasteiger charge is 2.57. The molecule has 0 spiro atoms. The molecule has 0 saturated carbocycles. The van der Waals surface area contributed by atoms with E-state index in [1.165, 1.54) is 29.2 Å². The van der Waals surface area contributed by atoms with Gasteiger partial charge < -0.3 is 0 Å². The van der Waals surface area contributed by atoms with Crippen molar-refractivity contribution in [2.24, 2.45) is 0 Å². The summed E-state index contributed by atoms with van der Waals surface area (Å²) in [7, 11) is -23.1. The minimum absolute atomic E-state index is 0.0111. The molecule has 42 heavy (non-hydrogen) atoms. The average Bonchev–Trinajstić information content (AvgIpc) is 3.19. The Morgan fingerprint density at radius 1 is 0.857 bits per heavy atom. The van der Waals surface area contributed by atoms with E-state index in [9.17, 15) is 73.2 Å². The fourth-order valence-corrected chi connectivity index (χ4v) is 6.70. The van der Waals surface area contributed by atoms with Crippen molar-refractivity contribution >= 4 is 68.4 Å². The molecule has 12 nitrogen and oxygen atoms in total. The summed E-state index contributed by atoms with van der Waals surface area (Å²) >= 11 is 6.82.